The van der Waals surface area contributed by atoms with Crippen molar-refractivity contribution in [2.45, 2.75) is 90.4 Å². The molecule has 3 rings (SSSR count). The Morgan fingerprint density at radius 2 is 1.63 bits per heavy atom. The maximum Gasteiger partial charge on any atom is 0.335 e. The predicted molar refractivity (Wildman–Crippen MR) is 152 cm³/mol. The molecule has 0 spiro atoms. The van der Waals surface area contributed by atoms with Gasteiger partial charge in [0.05, 0.1) is 11.1 Å². The number of hydrogen-bond acceptors (Lipinski definition) is 6. The largest absolute Gasteiger partial charge is 0.478 e. The number of carboxylic acid groups (broad SMARTS) is 1. The fourth-order valence-corrected chi connectivity index (χ4v) is 5.34. The summed E-state index contributed by atoms with van der Waals surface area (Å²) < 4.78 is 0. The van der Waals surface area contributed by atoms with Crippen LogP contribution in [0.25, 0.3) is 11.6 Å². The van der Waals surface area contributed by atoms with Gasteiger partial charge in [-0.05, 0) is 42.1 Å². The second kappa shape index (κ2) is 12.7. The molecule has 0 bridgehead atoms. The van der Waals surface area contributed by atoms with Crippen LogP contribution < -0.4 is 15.8 Å². The van der Waals surface area contributed by atoms with Gasteiger partial charge < -0.3 is 10.0 Å². The van der Waals surface area contributed by atoms with E-state index in [1.165, 1.54) is 44.9 Å². The highest BCUT2D eigenvalue weighted by atomic mass is 16.4. The minimum absolute atomic E-state index is 0.0723. The quantitative estimate of drug-likeness (QED) is 0.134. The van der Waals surface area contributed by atoms with Gasteiger partial charge in [0.2, 0.25) is 10.9 Å². The highest BCUT2D eigenvalue weighted by Gasteiger charge is 2.41. The lowest BCUT2D eigenvalue weighted by atomic mass is 9.81. The van der Waals surface area contributed by atoms with E-state index in [1.54, 1.807) is 30.3 Å². The highest BCUT2D eigenvalue weighted by Crippen LogP contribution is 2.49. The Morgan fingerprint density at radius 3 is 2.18 bits per heavy atom. The van der Waals surface area contributed by atoms with Gasteiger partial charge in [0.1, 0.15) is 11.6 Å². The lowest BCUT2D eigenvalue weighted by Crippen LogP contribution is -2.39. The van der Waals surface area contributed by atoms with Gasteiger partial charge in [-0.3, -0.25) is 15.0 Å². The number of nitriles is 1. The minimum Gasteiger partial charge on any atom is -0.478 e. The molecule has 7 nitrogen and oxygen atoms in total. The van der Waals surface area contributed by atoms with Crippen LogP contribution in [0.3, 0.4) is 0 Å². The normalized spacial score (nSPS) is 14.9. The number of allylic oxidation sites excluding steroid dienone is 2. The first kappa shape index (κ1) is 28.8. The van der Waals surface area contributed by atoms with Crippen molar-refractivity contribution in [3.05, 3.63) is 66.6 Å². The molecular formula is C31H37N3O4. The summed E-state index contributed by atoms with van der Waals surface area (Å²) in [6.07, 6.45) is 13.7. The van der Waals surface area contributed by atoms with Gasteiger partial charge in [0.15, 0.2) is 0 Å². The summed E-state index contributed by atoms with van der Waals surface area (Å²) in [6.45, 7) is 6.83. The Hall–Kier alpha value is -3.75. The summed E-state index contributed by atoms with van der Waals surface area (Å²) in [5.41, 5.74) is 0.326. The zero-order valence-corrected chi connectivity index (χ0v) is 22.7. The molecule has 0 aliphatic carbocycles. The van der Waals surface area contributed by atoms with Crippen LogP contribution in [0.4, 0.5) is 5.69 Å². The van der Waals surface area contributed by atoms with E-state index in [0.29, 0.717) is 6.54 Å². The van der Waals surface area contributed by atoms with Crippen molar-refractivity contribution in [1.82, 2.24) is 0 Å². The van der Waals surface area contributed by atoms with Gasteiger partial charge in [-0.1, -0.05) is 78.6 Å². The van der Waals surface area contributed by atoms with Crippen molar-refractivity contribution in [3.63, 3.8) is 0 Å². The molecule has 1 aliphatic rings. The van der Waals surface area contributed by atoms with E-state index in [9.17, 15) is 24.8 Å². The van der Waals surface area contributed by atoms with Gasteiger partial charge in [0, 0.05) is 28.9 Å². The molecular weight excluding hydrogens is 478 g/mol. The number of unbranched alkanes of at least 4 members (excludes halogenated alkanes) is 9. The maximum atomic E-state index is 12.5. The fraction of sp³-hybridized carbons (Fsp3) is 0.484. The second-order valence-electron chi connectivity index (χ2n) is 10.6. The van der Waals surface area contributed by atoms with E-state index in [-0.39, 0.29) is 22.3 Å². The summed E-state index contributed by atoms with van der Waals surface area (Å²) in [6, 6.07) is 6.84. The molecule has 0 saturated heterocycles. The Kier molecular flexibility index (Phi) is 9.61. The molecule has 2 aromatic carbocycles. The van der Waals surface area contributed by atoms with Gasteiger partial charge in [-0.2, -0.15) is 5.26 Å². The van der Waals surface area contributed by atoms with Crippen LogP contribution in [0.1, 0.15) is 112 Å². The number of fused-ring (bicyclic) bond motifs is 1. The number of nitrogens with zero attached hydrogens (tertiary/aromatic N) is 2. The molecule has 0 fully saturated rings. The van der Waals surface area contributed by atoms with Gasteiger partial charge >= 0.3 is 5.97 Å². The standard InChI is InChI=1S/C31H37N3O4/c1-4-5-6-7-8-9-10-11-12-13-16-34-25-15-14-21(30(37)38)17-24(25)31(2,3)26(34)18-23-27(22(19-32)20-33)29(36)28(23)35/h14-15,17-18,32H,4-13,16H2,1-3H3,(H,37,38)/b26-18-. The van der Waals surface area contributed by atoms with Crippen LogP contribution in [0.2, 0.25) is 0 Å². The predicted octanol–water partition coefficient (Wildman–Crippen LogP) is 6.20. The number of anilines is 1. The first-order valence-corrected chi connectivity index (χ1v) is 13.6. The minimum atomic E-state index is -1.01. The molecule has 0 saturated carbocycles. The number of benzene rings is 1. The Morgan fingerprint density at radius 1 is 1.03 bits per heavy atom. The number of rotatable bonds is 14. The van der Waals surface area contributed by atoms with Crippen LogP contribution >= 0.6 is 0 Å². The number of hydrogen-bond donors (Lipinski definition) is 2. The third-order valence-corrected chi connectivity index (χ3v) is 7.59. The number of aromatic carboxylic acids is 1. The van der Waals surface area contributed by atoms with Gasteiger partial charge in [-0.15, -0.1) is 0 Å². The van der Waals surface area contributed by atoms with E-state index in [1.807, 2.05) is 19.7 Å². The van der Waals surface area contributed by atoms with Crippen molar-refractivity contribution in [2.24, 2.45) is 0 Å². The first-order valence-electron chi connectivity index (χ1n) is 13.6. The zero-order chi connectivity index (χ0) is 27.9. The van der Waals surface area contributed by atoms with Crippen LogP contribution in [0.15, 0.2) is 33.5 Å². The van der Waals surface area contributed by atoms with Crippen LogP contribution in [0.5, 0.6) is 0 Å². The van der Waals surface area contributed by atoms with Crippen molar-refractivity contribution in [3.8, 4) is 6.07 Å². The van der Waals surface area contributed by atoms with Crippen molar-refractivity contribution in [1.29, 1.82) is 10.7 Å². The summed E-state index contributed by atoms with van der Waals surface area (Å²) in [5.74, 6) is 0.955. The first-order chi connectivity index (χ1) is 18.2. The second-order valence-corrected chi connectivity index (χ2v) is 10.6. The van der Waals surface area contributed by atoms with Crippen LogP contribution in [-0.2, 0) is 5.41 Å². The lowest BCUT2D eigenvalue weighted by molar-refractivity contribution is 0.0696. The Labute approximate surface area is 224 Å². The maximum absolute atomic E-state index is 12.5. The summed E-state index contributed by atoms with van der Waals surface area (Å²) in [7, 11) is 0. The third kappa shape index (κ3) is 5.87. The molecule has 0 atom stereocenters. The van der Waals surface area contributed by atoms with E-state index in [0.717, 1.165) is 36.2 Å². The molecule has 0 radical (unpaired) electrons. The molecule has 7 heteroatoms. The van der Waals surface area contributed by atoms with Crippen molar-refractivity contribution in [2.75, 3.05) is 11.4 Å². The molecule has 0 unspecified atom stereocenters. The Balaban J connectivity index is 1.85. The van der Waals surface area contributed by atoms with Gasteiger partial charge in [0.25, 0.3) is 0 Å². The highest BCUT2D eigenvalue weighted by molar-refractivity contribution is 6.00. The number of nitrogens with one attached hydrogen (secondary N) is 1. The summed E-state index contributed by atoms with van der Waals surface area (Å²) >= 11 is 0. The molecule has 200 valence electrons. The smallest absolute Gasteiger partial charge is 0.335 e. The molecule has 0 amide bonds. The van der Waals surface area contributed by atoms with Crippen molar-refractivity contribution >= 4 is 29.2 Å². The molecule has 2 aromatic rings. The number of carbonyl (C=O) groups is 1. The molecule has 0 aromatic heterocycles. The van der Waals surface area contributed by atoms with E-state index < -0.39 is 22.2 Å². The van der Waals surface area contributed by atoms with Gasteiger partial charge in [-0.25, -0.2) is 4.79 Å². The topological polar surface area (TPSA) is 122 Å². The average molecular weight is 516 g/mol. The lowest BCUT2D eigenvalue weighted by Gasteiger charge is -2.28. The third-order valence-electron chi connectivity index (χ3n) is 7.59. The van der Waals surface area contributed by atoms with Crippen LogP contribution in [-0.4, -0.2) is 23.5 Å². The molecule has 1 aliphatic heterocycles. The Bertz CT molecular complexity index is 1380. The number of carboxylic acids is 1. The molecule has 2 N–H and O–H groups in total. The molecule has 1 heterocycles. The van der Waals surface area contributed by atoms with Crippen LogP contribution in [0, 0.1) is 16.7 Å². The SMILES string of the molecule is CCCCCCCCCCCCN1/C(=C\c2c(C(=C=N)C#N)c(=O)c2=O)C(C)(C)c2cc(C(=O)O)ccc21. The van der Waals surface area contributed by atoms with E-state index in [4.69, 9.17) is 5.41 Å². The van der Waals surface area contributed by atoms with E-state index in [2.05, 4.69) is 11.8 Å². The average Bonchev–Trinajstić information content (AvgIpc) is 3.12. The summed E-state index contributed by atoms with van der Waals surface area (Å²) in [4.78, 5) is 38.5. The zero-order valence-electron chi connectivity index (χ0n) is 22.7. The fourth-order valence-electron chi connectivity index (χ4n) is 5.34. The summed E-state index contributed by atoms with van der Waals surface area (Å²) in [5, 5.41) is 26.2. The van der Waals surface area contributed by atoms with Crippen molar-refractivity contribution < 1.29 is 9.90 Å². The monoisotopic (exact) mass is 515 g/mol. The van der Waals surface area contributed by atoms with E-state index >= 15 is 0 Å². The molecule has 38 heavy (non-hydrogen) atoms.